The van der Waals surface area contributed by atoms with Crippen molar-refractivity contribution in [3.63, 3.8) is 0 Å². The Morgan fingerprint density at radius 3 is 2.88 bits per heavy atom. The van der Waals surface area contributed by atoms with E-state index >= 15 is 0 Å². The highest BCUT2D eigenvalue weighted by Gasteiger charge is 2.45. The van der Waals surface area contributed by atoms with Crippen molar-refractivity contribution in [1.29, 1.82) is 0 Å². The molecule has 0 atom stereocenters. The van der Waals surface area contributed by atoms with Crippen molar-refractivity contribution in [2.75, 3.05) is 5.32 Å². The predicted octanol–water partition coefficient (Wildman–Crippen LogP) is 3.13. The lowest BCUT2D eigenvalue weighted by molar-refractivity contribution is -0.142. The van der Waals surface area contributed by atoms with E-state index in [2.05, 4.69) is 10.3 Å². The molecule has 1 aromatic carbocycles. The zero-order valence-electron chi connectivity index (χ0n) is 13.3. The third-order valence-corrected chi connectivity index (χ3v) is 3.62. The number of carbonyl (C=O) groups excluding carboxylic acids is 1. The molecule has 3 aromatic rings. The number of nitrogens with zero attached hydrogens (tertiary/aromatic N) is 2. The number of amides is 1. The van der Waals surface area contributed by atoms with Gasteiger partial charge in [0.1, 0.15) is 5.58 Å². The quantitative estimate of drug-likeness (QED) is 0.720. The number of halogens is 2. The van der Waals surface area contributed by atoms with Crippen LogP contribution in [0.25, 0.3) is 11.0 Å². The first-order valence-corrected chi connectivity index (χ1v) is 7.66. The Bertz CT molecular complexity index is 978. The van der Waals surface area contributed by atoms with E-state index in [9.17, 15) is 18.4 Å². The molecule has 2 heterocycles. The summed E-state index contributed by atoms with van der Waals surface area (Å²) in [6.45, 7) is 2.18. The first-order valence-electron chi connectivity index (χ1n) is 7.66. The number of carbonyl (C=O) groups is 1. The van der Waals surface area contributed by atoms with Crippen molar-refractivity contribution in [3.8, 4) is 0 Å². The van der Waals surface area contributed by atoms with Crippen LogP contribution in [0.15, 0.2) is 51.9 Å². The molecular weight excluding hydrogens is 332 g/mol. The molecule has 0 aliphatic heterocycles. The molecule has 3 rings (SSSR count). The number of hydrogen-bond donors (Lipinski definition) is 1. The highest BCUT2D eigenvalue weighted by Crippen LogP contribution is 2.29. The van der Waals surface area contributed by atoms with Gasteiger partial charge in [0.05, 0.1) is 0 Å². The Labute approximate surface area is 141 Å². The zero-order chi connectivity index (χ0) is 18.0. The van der Waals surface area contributed by atoms with E-state index in [1.54, 1.807) is 0 Å². The van der Waals surface area contributed by atoms with Gasteiger partial charge in [0, 0.05) is 36.1 Å². The largest absolute Gasteiger partial charge is 0.423 e. The first-order chi connectivity index (χ1) is 11.9. The highest BCUT2D eigenvalue weighted by molar-refractivity contribution is 5.97. The van der Waals surface area contributed by atoms with Crippen molar-refractivity contribution >= 4 is 22.6 Å². The fourth-order valence-electron chi connectivity index (χ4n) is 2.47. The van der Waals surface area contributed by atoms with E-state index in [0.29, 0.717) is 23.9 Å². The molecule has 8 heteroatoms. The second-order valence-corrected chi connectivity index (χ2v) is 5.48. The fourth-order valence-corrected chi connectivity index (χ4v) is 2.47. The Morgan fingerprint density at radius 2 is 2.12 bits per heavy atom. The third kappa shape index (κ3) is 3.28. The van der Waals surface area contributed by atoms with E-state index < -0.39 is 23.3 Å². The maximum atomic E-state index is 14.5. The van der Waals surface area contributed by atoms with Crippen molar-refractivity contribution in [2.45, 2.75) is 25.8 Å². The Balaban J connectivity index is 1.86. The van der Waals surface area contributed by atoms with E-state index in [4.69, 9.17) is 4.42 Å². The van der Waals surface area contributed by atoms with E-state index in [1.807, 2.05) is 6.92 Å². The van der Waals surface area contributed by atoms with Gasteiger partial charge in [-0.1, -0.05) is 6.92 Å². The van der Waals surface area contributed by atoms with Gasteiger partial charge in [-0.15, -0.1) is 0 Å². The van der Waals surface area contributed by atoms with E-state index in [1.165, 1.54) is 47.3 Å². The Morgan fingerprint density at radius 1 is 1.32 bits per heavy atom. The number of benzene rings is 1. The van der Waals surface area contributed by atoms with Gasteiger partial charge in [-0.25, -0.2) is 9.78 Å². The summed E-state index contributed by atoms with van der Waals surface area (Å²) in [5, 5.41) is 2.69. The average Bonchev–Trinajstić information content (AvgIpc) is 3.04. The summed E-state index contributed by atoms with van der Waals surface area (Å²) in [5.41, 5.74) is -0.0473. The SMILES string of the molecule is CCCn1ccnc1C(F)(F)C(=O)Nc1ccc2oc(=O)ccc2c1. The first kappa shape index (κ1) is 16.8. The number of rotatable bonds is 5. The van der Waals surface area contributed by atoms with Crippen LogP contribution in [0, 0.1) is 0 Å². The van der Waals surface area contributed by atoms with Crippen LogP contribution in [-0.4, -0.2) is 15.5 Å². The molecule has 25 heavy (non-hydrogen) atoms. The zero-order valence-corrected chi connectivity index (χ0v) is 13.3. The van der Waals surface area contributed by atoms with Crippen LogP contribution in [0.3, 0.4) is 0 Å². The van der Waals surface area contributed by atoms with E-state index in [0.717, 1.165) is 0 Å². The minimum atomic E-state index is -3.78. The molecule has 2 aromatic heterocycles. The lowest BCUT2D eigenvalue weighted by atomic mass is 10.2. The summed E-state index contributed by atoms with van der Waals surface area (Å²) in [7, 11) is 0. The number of hydrogen-bond acceptors (Lipinski definition) is 4. The molecule has 0 unspecified atom stereocenters. The summed E-state index contributed by atoms with van der Waals surface area (Å²) in [4.78, 5) is 26.9. The molecule has 1 N–H and O–H groups in total. The van der Waals surface area contributed by atoms with Gasteiger partial charge in [-0.05, 0) is 30.7 Å². The van der Waals surface area contributed by atoms with Crippen LogP contribution in [-0.2, 0) is 17.3 Å². The number of fused-ring (bicyclic) bond motifs is 1. The summed E-state index contributed by atoms with van der Waals surface area (Å²) in [6, 6.07) is 6.97. The monoisotopic (exact) mass is 347 g/mol. The lowest BCUT2D eigenvalue weighted by Crippen LogP contribution is -2.35. The standard InChI is InChI=1S/C17H15F2N3O3/c1-2-8-22-9-7-20-15(22)17(18,19)16(24)21-12-4-5-13-11(10-12)3-6-14(23)25-13/h3-7,9-10H,2,8H2,1H3,(H,21,24). The number of imidazole rings is 1. The maximum absolute atomic E-state index is 14.5. The van der Waals surface area contributed by atoms with Gasteiger partial charge in [0.25, 0.3) is 0 Å². The van der Waals surface area contributed by atoms with E-state index in [-0.39, 0.29) is 5.69 Å². The van der Waals surface area contributed by atoms with Crippen LogP contribution in [0.1, 0.15) is 19.2 Å². The molecule has 0 saturated carbocycles. The number of aromatic nitrogens is 2. The summed E-state index contributed by atoms with van der Waals surface area (Å²) < 4.78 is 35.1. The maximum Gasteiger partial charge on any atom is 0.381 e. The molecule has 130 valence electrons. The number of nitrogens with one attached hydrogen (secondary N) is 1. The van der Waals surface area contributed by atoms with Gasteiger partial charge in [0.2, 0.25) is 0 Å². The molecule has 6 nitrogen and oxygen atoms in total. The molecule has 0 saturated heterocycles. The predicted molar refractivity (Wildman–Crippen MR) is 87.5 cm³/mol. The lowest BCUT2D eigenvalue weighted by Gasteiger charge is -2.17. The average molecular weight is 347 g/mol. The van der Waals surface area contributed by atoms with Crippen molar-refractivity contribution in [2.24, 2.45) is 0 Å². The topological polar surface area (TPSA) is 77.1 Å². The Kier molecular flexibility index (Phi) is 4.35. The molecule has 0 fully saturated rings. The molecular formula is C17H15F2N3O3. The molecule has 0 radical (unpaired) electrons. The number of anilines is 1. The van der Waals surface area contributed by atoms with Crippen LogP contribution in [0.2, 0.25) is 0 Å². The Hall–Kier alpha value is -3.03. The van der Waals surface area contributed by atoms with Gasteiger partial charge in [-0.2, -0.15) is 8.78 Å². The van der Waals surface area contributed by atoms with Crippen molar-refractivity contribution in [3.05, 3.63) is 59.0 Å². The normalized spacial score (nSPS) is 11.6. The molecule has 0 bridgehead atoms. The van der Waals surface area contributed by atoms with Crippen LogP contribution < -0.4 is 10.9 Å². The summed E-state index contributed by atoms with van der Waals surface area (Å²) in [6.07, 6.45) is 3.29. The van der Waals surface area contributed by atoms with Crippen LogP contribution in [0.4, 0.5) is 14.5 Å². The second kappa shape index (κ2) is 6.46. The molecule has 1 amide bonds. The minimum absolute atomic E-state index is 0.166. The fraction of sp³-hybridized carbons (Fsp3) is 0.235. The second-order valence-electron chi connectivity index (χ2n) is 5.48. The summed E-state index contributed by atoms with van der Waals surface area (Å²) >= 11 is 0. The number of alkyl halides is 2. The van der Waals surface area contributed by atoms with Gasteiger partial charge < -0.3 is 14.3 Å². The molecule has 0 aliphatic rings. The number of aryl methyl sites for hydroxylation is 1. The minimum Gasteiger partial charge on any atom is -0.423 e. The highest BCUT2D eigenvalue weighted by atomic mass is 19.3. The third-order valence-electron chi connectivity index (χ3n) is 3.62. The van der Waals surface area contributed by atoms with Crippen molar-refractivity contribution in [1.82, 2.24) is 9.55 Å². The molecule has 0 aliphatic carbocycles. The molecule has 0 spiro atoms. The van der Waals surface area contributed by atoms with Crippen LogP contribution >= 0.6 is 0 Å². The van der Waals surface area contributed by atoms with Crippen LogP contribution in [0.5, 0.6) is 0 Å². The smallest absolute Gasteiger partial charge is 0.381 e. The van der Waals surface area contributed by atoms with Gasteiger partial charge in [-0.3, -0.25) is 4.79 Å². The van der Waals surface area contributed by atoms with Crippen molar-refractivity contribution < 1.29 is 18.0 Å². The van der Waals surface area contributed by atoms with Gasteiger partial charge in [0.15, 0.2) is 5.82 Å². The summed E-state index contributed by atoms with van der Waals surface area (Å²) in [5.74, 6) is -5.86. The van der Waals surface area contributed by atoms with Gasteiger partial charge >= 0.3 is 17.5 Å².